The number of hydrogen-bond acceptors (Lipinski definition) is 4. The van der Waals surface area contributed by atoms with Crippen molar-refractivity contribution in [2.45, 2.75) is 25.8 Å². The molecule has 0 radical (unpaired) electrons. The molecule has 2 rings (SSSR count). The number of thiazole rings is 1. The zero-order valence-corrected chi connectivity index (χ0v) is 9.46. The average Bonchev–Trinajstić information content (AvgIpc) is 2.85. The van der Waals surface area contributed by atoms with E-state index in [0.717, 1.165) is 24.5 Å². The van der Waals surface area contributed by atoms with E-state index in [4.69, 9.17) is 5.11 Å². The summed E-state index contributed by atoms with van der Waals surface area (Å²) in [5, 5.41) is 11.4. The van der Waals surface area contributed by atoms with Gasteiger partial charge in [-0.3, -0.25) is 4.90 Å². The van der Waals surface area contributed by atoms with Crippen molar-refractivity contribution in [3.63, 3.8) is 0 Å². The van der Waals surface area contributed by atoms with Crippen LogP contribution in [0.5, 0.6) is 0 Å². The molecule has 0 spiro atoms. The first-order valence-corrected chi connectivity index (χ1v) is 6.03. The van der Waals surface area contributed by atoms with E-state index in [9.17, 15) is 4.79 Å². The Labute approximate surface area is 92.6 Å². The molecule has 82 valence electrons. The molecule has 5 heteroatoms. The van der Waals surface area contributed by atoms with Gasteiger partial charge in [-0.25, -0.2) is 9.78 Å². The van der Waals surface area contributed by atoms with Crippen molar-refractivity contribution in [3.8, 4) is 0 Å². The molecule has 15 heavy (non-hydrogen) atoms. The smallest absolute Gasteiger partial charge is 0.355 e. The third-order valence-corrected chi connectivity index (χ3v) is 3.74. The number of rotatable bonds is 3. The van der Waals surface area contributed by atoms with Crippen molar-refractivity contribution in [1.29, 1.82) is 0 Å². The summed E-state index contributed by atoms with van der Waals surface area (Å²) in [6, 6.07) is 0.341. The molecule has 0 bridgehead atoms. The topological polar surface area (TPSA) is 53.4 Å². The van der Waals surface area contributed by atoms with Crippen LogP contribution in [0.4, 0.5) is 0 Å². The Bertz CT molecular complexity index is 364. The zero-order chi connectivity index (χ0) is 10.8. The van der Waals surface area contributed by atoms with Crippen LogP contribution in [0.15, 0.2) is 5.38 Å². The number of aromatic nitrogens is 1. The fourth-order valence-electron chi connectivity index (χ4n) is 2.02. The molecule has 1 atom stereocenters. The van der Waals surface area contributed by atoms with Gasteiger partial charge in [0.05, 0.1) is 6.04 Å². The first-order valence-electron chi connectivity index (χ1n) is 5.15. The Kier molecular flexibility index (Phi) is 3.02. The van der Waals surface area contributed by atoms with Gasteiger partial charge in [0.2, 0.25) is 0 Å². The maximum Gasteiger partial charge on any atom is 0.355 e. The van der Waals surface area contributed by atoms with Crippen molar-refractivity contribution in [2.75, 3.05) is 13.1 Å². The van der Waals surface area contributed by atoms with Gasteiger partial charge in [0, 0.05) is 5.38 Å². The largest absolute Gasteiger partial charge is 0.476 e. The molecule has 0 saturated carbocycles. The van der Waals surface area contributed by atoms with E-state index < -0.39 is 5.97 Å². The maximum absolute atomic E-state index is 10.7. The van der Waals surface area contributed by atoms with Gasteiger partial charge >= 0.3 is 5.97 Å². The summed E-state index contributed by atoms with van der Waals surface area (Å²) in [6.07, 6.45) is 2.28. The van der Waals surface area contributed by atoms with Gasteiger partial charge in [-0.2, -0.15) is 0 Å². The van der Waals surface area contributed by atoms with Crippen molar-refractivity contribution in [2.24, 2.45) is 0 Å². The number of hydrogen-bond donors (Lipinski definition) is 1. The lowest BCUT2D eigenvalue weighted by Crippen LogP contribution is -2.22. The van der Waals surface area contributed by atoms with E-state index in [1.165, 1.54) is 17.8 Å². The summed E-state index contributed by atoms with van der Waals surface area (Å²) in [4.78, 5) is 17.2. The van der Waals surface area contributed by atoms with Gasteiger partial charge in [-0.1, -0.05) is 6.92 Å². The normalized spacial score (nSPS) is 22.1. The van der Waals surface area contributed by atoms with Crippen LogP contribution in [-0.2, 0) is 0 Å². The van der Waals surface area contributed by atoms with Crippen molar-refractivity contribution in [3.05, 3.63) is 16.1 Å². The third kappa shape index (κ3) is 2.03. The predicted octanol–water partition coefficient (Wildman–Crippen LogP) is 2.00. The lowest BCUT2D eigenvalue weighted by Gasteiger charge is -2.20. The molecule has 0 aliphatic carbocycles. The molecule has 1 aromatic rings. The molecule has 1 fully saturated rings. The Morgan fingerprint density at radius 3 is 3.20 bits per heavy atom. The highest BCUT2D eigenvalue weighted by molar-refractivity contribution is 7.09. The molecule has 1 saturated heterocycles. The van der Waals surface area contributed by atoms with E-state index in [-0.39, 0.29) is 5.69 Å². The number of likely N-dealkylation sites (tertiary alicyclic amines) is 1. The van der Waals surface area contributed by atoms with Crippen molar-refractivity contribution < 1.29 is 9.90 Å². The maximum atomic E-state index is 10.7. The highest BCUT2D eigenvalue weighted by Crippen LogP contribution is 2.33. The standard InChI is InChI=1S/C10H14N2O2S/c1-2-12-5-3-4-8(12)9-11-7(6-15-9)10(13)14/h6,8H,2-5H2,1H3,(H,13,14). The minimum absolute atomic E-state index is 0.179. The second-order valence-corrected chi connectivity index (χ2v) is 4.55. The number of carboxylic acid groups (broad SMARTS) is 1. The third-order valence-electron chi connectivity index (χ3n) is 2.80. The molecule has 0 aromatic carbocycles. The van der Waals surface area contributed by atoms with E-state index in [2.05, 4.69) is 16.8 Å². The minimum atomic E-state index is -0.932. The van der Waals surface area contributed by atoms with E-state index in [1.54, 1.807) is 5.38 Å². The van der Waals surface area contributed by atoms with Crippen molar-refractivity contribution >= 4 is 17.3 Å². The Morgan fingerprint density at radius 1 is 1.80 bits per heavy atom. The summed E-state index contributed by atoms with van der Waals surface area (Å²) >= 11 is 1.46. The van der Waals surface area contributed by atoms with Gasteiger partial charge in [-0.15, -0.1) is 11.3 Å². The monoisotopic (exact) mass is 226 g/mol. The number of aromatic carboxylic acids is 1. The van der Waals surface area contributed by atoms with Crippen molar-refractivity contribution in [1.82, 2.24) is 9.88 Å². The number of carboxylic acids is 1. The second-order valence-electron chi connectivity index (χ2n) is 3.66. The summed E-state index contributed by atoms with van der Waals surface area (Å²) in [7, 11) is 0. The van der Waals surface area contributed by atoms with Gasteiger partial charge in [-0.05, 0) is 25.9 Å². The first-order chi connectivity index (χ1) is 7.22. The lowest BCUT2D eigenvalue weighted by atomic mass is 10.2. The molecule has 1 unspecified atom stereocenters. The van der Waals surface area contributed by atoms with Crippen LogP contribution >= 0.6 is 11.3 Å². The second kappa shape index (κ2) is 4.28. The van der Waals surface area contributed by atoms with E-state index in [1.807, 2.05) is 0 Å². The molecule has 1 aliphatic heterocycles. The van der Waals surface area contributed by atoms with Gasteiger partial charge < -0.3 is 5.11 Å². The van der Waals surface area contributed by atoms with Crippen LogP contribution in [0.2, 0.25) is 0 Å². The van der Waals surface area contributed by atoms with E-state index >= 15 is 0 Å². The fourth-order valence-corrected chi connectivity index (χ4v) is 2.98. The Balaban J connectivity index is 2.18. The van der Waals surface area contributed by atoms with Crippen LogP contribution < -0.4 is 0 Å². The van der Waals surface area contributed by atoms with Crippen LogP contribution in [0.25, 0.3) is 0 Å². The Hall–Kier alpha value is -0.940. The molecule has 1 N–H and O–H groups in total. The van der Waals surface area contributed by atoms with E-state index in [0.29, 0.717) is 6.04 Å². The summed E-state index contributed by atoms with van der Waals surface area (Å²) < 4.78 is 0. The zero-order valence-electron chi connectivity index (χ0n) is 8.64. The molecular weight excluding hydrogens is 212 g/mol. The lowest BCUT2D eigenvalue weighted by molar-refractivity contribution is 0.0691. The molecule has 1 aliphatic rings. The highest BCUT2D eigenvalue weighted by Gasteiger charge is 2.27. The SMILES string of the molecule is CCN1CCCC1c1nc(C(=O)O)cs1. The van der Waals surface area contributed by atoms with Crippen LogP contribution in [0.3, 0.4) is 0 Å². The van der Waals surface area contributed by atoms with Gasteiger partial charge in [0.25, 0.3) is 0 Å². The molecular formula is C10H14N2O2S. The van der Waals surface area contributed by atoms with Crippen LogP contribution in [0.1, 0.15) is 41.3 Å². The summed E-state index contributed by atoms with van der Waals surface area (Å²) in [6.45, 7) is 4.24. The minimum Gasteiger partial charge on any atom is -0.476 e. The molecule has 2 heterocycles. The van der Waals surface area contributed by atoms with Gasteiger partial charge in [0.15, 0.2) is 5.69 Å². The molecule has 4 nitrogen and oxygen atoms in total. The highest BCUT2D eigenvalue weighted by atomic mass is 32.1. The summed E-state index contributed by atoms with van der Waals surface area (Å²) in [5.41, 5.74) is 0.179. The van der Waals surface area contributed by atoms with Gasteiger partial charge in [0.1, 0.15) is 5.01 Å². The van der Waals surface area contributed by atoms with Crippen LogP contribution in [0, 0.1) is 0 Å². The predicted molar refractivity (Wildman–Crippen MR) is 58.3 cm³/mol. The first kappa shape index (κ1) is 10.6. The molecule has 0 amide bonds. The molecule has 1 aromatic heterocycles. The fraction of sp³-hybridized carbons (Fsp3) is 0.600. The quantitative estimate of drug-likeness (QED) is 0.856. The van der Waals surface area contributed by atoms with Crippen LogP contribution in [-0.4, -0.2) is 34.0 Å². The summed E-state index contributed by atoms with van der Waals surface area (Å²) in [5.74, 6) is -0.932. The number of carbonyl (C=O) groups is 1. The number of nitrogens with zero attached hydrogens (tertiary/aromatic N) is 2. The Morgan fingerprint density at radius 2 is 2.60 bits per heavy atom. The average molecular weight is 226 g/mol.